The van der Waals surface area contributed by atoms with Crippen LogP contribution in [0.3, 0.4) is 0 Å². The average Bonchev–Trinajstić information content (AvgIpc) is 3.14. The Labute approximate surface area is 138 Å². The monoisotopic (exact) mass is 325 g/mol. The van der Waals surface area contributed by atoms with Crippen molar-refractivity contribution in [3.05, 3.63) is 65.4 Å². The van der Waals surface area contributed by atoms with Gasteiger partial charge in [-0.05, 0) is 46.2 Å². The van der Waals surface area contributed by atoms with Crippen LogP contribution in [0.5, 0.6) is 5.75 Å². The molecule has 1 N–H and O–H groups in total. The van der Waals surface area contributed by atoms with Crippen molar-refractivity contribution in [3.8, 4) is 16.9 Å². The van der Waals surface area contributed by atoms with Crippen molar-refractivity contribution in [3.63, 3.8) is 0 Å². The summed E-state index contributed by atoms with van der Waals surface area (Å²) in [6.45, 7) is 0.379. The van der Waals surface area contributed by atoms with E-state index < -0.39 is 0 Å². The van der Waals surface area contributed by atoms with Gasteiger partial charge in [0.2, 0.25) is 0 Å². The predicted molar refractivity (Wildman–Crippen MR) is 89.1 cm³/mol. The minimum absolute atomic E-state index is 0.0384. The van der Waals surface area contributed by atoms with Crippen molar-refractivity contribution in [1.82, 2.24) is 15.3 Å². The molecule has 0 saturated heterocycles. The van der Waals surface area contributed by atoms with E-state index in [1.165, 1.54) is 0 Å². The van der Waals surface area contributed by atoms with E-state index in [1.807, 2.05) is 23.7 Å². The van der Waals surface area contributed by atoms with Crippen molar-refractivity contribution in [2.45, 2.75) is 6.54 Å². The highest BCUT2D eigenvalue weighted by Crippen LogP contribution is 2.21. The molecule has 0 aromatic carbocycles. The third-order valence-corrected chi connectivity index (χ3v) is 3.83. The van der Waals surface area contributed by atoms with Crippen LogP contribution >= 0.6 is 11.3 Å². The Morgan fingerprint density at radius 3 is 2.91 bits per heavy atom. The van der Waals surface area contributed by atoms with E-state index in [2.05, 4.69) is 20.7 Å². The van der Waals surface area contributed by atoms with Gasteiger partial charge in [0.1, 0.15) is 5.75 Å². The van der Waals surface area contributed by atoms with E-state index in [0.29, 0.717) is 12.3 Å². The fraction of sp³-hybridized carbons (Fsp3) is 0.118. The number of carbonyl (C=O) groups excluding carboxylic acids is 1. The van der Waals surface area contributed by atoms with Crippen molar-refractivity contribution >= 4 is 17.2 Å². The molecule has 3 aromatic heterocycles. The highest BCUT2D eigenvalue weighted by molar-refractivity contribution is 7.08. The molecule has 23 heavy (non-hydrogen) atoms. The summed E-state index contributed by atoms with van der Waals surface area (Å²) >= 11 is 1.64. The molecule has 0 aliphatic carbocycles. The highest BCUT2D eigenvalue weighted by Gasteiger charge is 2.05. The van der Waals surface area contributed by atoms with E-state index in [-0.39, 0.29) is 12.5 Å². The lowest BCUT2D eigenvalue weighted by Gasteiger charge is -2.08. The Morgan fingerprint density at radius 2 is 2.13 bits per heavy atom. The molecule has 0 fully saturated rings. The Morgan fingerprint density at radius 1 is 1.17 bits per heavy atom. The molecule has 0 bridgehead atoms. The maximum atomic E-state index is 11.8. The second-order valence-electron chi connectivity index (χ2n) is 4.85. The number of pyridine rings is 2. The third kappa shape index (κ3) is 4.37. The summed E-state index contributed by atoms with van der Waals surface area (Å²) in [6, 6.07) is 7.59. The zero-order valence-electron chi connectivity index (χ0n) is 12.3. The number of nitrogens with one attached hydrogen (secondary N) is 1. The van der Waals surface area contributed by atoms with E-state index >= 15 is 0 Å². The minimum Gasteiger partial charge on any atom is -0.482 e. The first kappa shape index (κ1) is 15.2. The Hall–Kier alpha value is -2.73. The molecule has 1 amide bonds. The van der Waals surface area contributed by atoms with Gasteiger partial charge < -0.3 is 10.1 Å². The number of hydrogen-bond acceptors (Lipinski definition) is 5. The van der Waals surface area contributed by atoms with Crippen molar-refractivity contribution in [2.24, 2.45) is 0 Å². The number of amides is 1. The molecule has 3 rings (SSSR count). The summed E-state index contributed by atoms with van der Waals surface area (Å²) in [5.74, 6) is 0.388. The first-order valence-electron chi connectivity index (χ1n) is 7.07. The van der Waals surface area contributed by atoms with E-state index in [1.54, 1.807) is 42.1 Å². The number of hydrogen-bond donors (Lipinski definition) is 1. The quantitative estimate of drug-likeness (QED) is 0.757. The summed E-state index contributed by atoms with van der Waals surface area (Å²) in [7, 11) is 0. The number of ether oxygens (including phenoxy) is 1. The van der Waals surface area contributed by atoms with Crippen LogP contribution in [-0.2, 0) is 11.3 Å². The van der Waals surface area contributed by atoms with Crippen LogP contribution in [0.4, 0.5) is 0 Å². The van der Waals surface area contributed by atoms with Crippen LogP contribution in [0.2, 0.25) is 0 Å². The van der Waals surface area contributed by atoms with Gasteiger partial charge in [-0.3, -0.25) is 14.8 Å². The molecule has 5 nitrogen and oxygen atoms in total. The fourth-order valence-electron chi connectivity index (χ4n) is 2.00. The summed E-state index contributed by atoms with van der Waals surface area (Å²) in [5, 5.41) is 6.92. The molecule has 0 aliphatic rings. The van der Waals surface area contributed by atoms with Crippen molar-refractivity contribution < 1.29 is 9.53 Å². The van der Waals surface area contributed by atoms with Crippen LogP contribution < -0.4 is 10.1 Å². The Bertz CT molecular complexity index is 761. The zero-order chi connectivity index (χ0) is 15.9. The smallest absolute Gasteiger partial charge is 0.258 e. The molecule has 0 radical (unpaired) electrons. The van der Waals surface area contributed by atoms with Crippen LogP contribution in [0.1, 0.15) is 5.56 Å². The van der Waals surface area contributed by atoms with Gasteiger partial charge in [-0.1, -0.05) is 0 Å². The topological polar surface area (TPSA) is 64.1 Å². The molecular weight excluding hydrogens is 310 g/mol. The van der Waals surface area contributed by atoms with Gasteiger partial charge in [0.05, 0.1) is 6.20 Å². The van der Waals surface area contributed by atoms with E-state index in [9.17, 15) is 4.79 Å². The van der Waals surface area contributed by atoms with Crippen LogP contribution in [0.15, 0.2) is 59.8 Å². The SMILES string of the molecule is O=C(COc1cccnc1)NCc1cncc(-c2ccsc2)c1. The number of nitrogens with zero attached hydrogens (tertiary/aromatic N) is 2. The van der Waals surface area contributed by atoms with Crippen molar-refractivity contribution in [2.75, 3.05) is 6.61 Å². The summed E-state index contributed by atoms with van der Waals surface area (Å²) in [5.41, 5.74) is 3.13. The Kier molecular flexibility index (Phi) is 4.95. The van der Waals surface area contributed by atoms with Gasteiger partial charge in [-0.25, -0.2) is 0 Å². The summed E-state index contributed by atoms with van der Waals surface area (Å²) in [6.07, 6.45) is 6.79. The molecule has 0 unspecified atom stereocenters. The minimum atomic E-state index is -0.185. The predicted octanol–water partition coefficient (Wildman–Crippen LogP) is 2.90. The van der Waals surface area contributed by atoms with Crippen LogP contribution in [-0.4, -0.2) is 22.5 Å². The first-order valence-corrected chi connectivity index (χ1v) is 8.01. The second-order valence-corrected chi connectivity index (χ2v) is 5.63. The molecule has 6 heteroatoms. The average molecular weight is 325 g/mol. The lowest BCUT2D eigenvalue weighted by atomic mass is 10.1. The van der Waals surface area contributed by atoms with Gasteiger partial charge in [-0.2, -0.15) is 11.3 Å². The maximum Gasteiger partial charge on any atom is 0.258 e. The third-order valence-electron chi connectivity index (χ3n) is 3.14. The Balaban J connectivity index is 1.52. The molecule has 3 heterocycles. The number of thiophene rings is 1. The molecule has 0 spiro atoms. The van der Waals surface area contributed by atoms with Gasteiger partial charge in [0, 0.05) is 30.7 Å². The lowest BCUT2D eigenvalue weighted by Crippen LogP contribution is -2.28. The fourth-order valence-corrected chi connectivity index (χ4v) is 2.67. The second kappa shape index (κ2) is 7.51. The van der Waals surface area contributed by atoms with Gasteiger partial charge >= 0.3 is 0 Å². The molecule has 3 aromatic rings. The largest absolute Gasteiger partial charge is 0.482 e. The van der Waals surface area contributed by atoms with Crippen molar-refractivity contribution in [1.29, 1.82) is 0 Å². The van der Waals surface area contributed by atoms with E-state index in [0.717, 1.165) is 16.7 Å². The lowest BCUT2D eigenvalue weighted by molar-refractivity contribution is -0.123. The summed E-state index contributed by atoms with van der Waals surface area (Å²) < 4.78 is 5.35. The first-order chi connectivity index (χ1) is 11.3. The van der Waals surface area contributed by atoms with Gasteiger partial charge in [-0.15, -0.1) is 0 Å². The van der Waals surface area contributed by atoms with Gasteiger partial charge in [0.15, 0.2) is 6.61 Å². The maximum absolute atomic E-state index is 11.8. The van der Waals surface area contributed by atoms with Crippen LogP contribution in [0.25, 0.3) is 11.1 Å². The molecular formula is C17H15N3O2S. The van der Waals surface area contributed by atoms with Crippen LogP contribution in [0, 0.1) is 0 Å². The summed E-state index contributed by atoms with van der Waals surface area (Å²) in [4.78, 5) is 20.0. The normalized spacial score (nSPS) is 10.3. The standard InChI is InChI=1S/C17H15N3O2S/c21-17(11-22-16-2-1-4-18-10-16)20-8-13-6-15(9-19-7-13)14-3-5-23-12-14/h1-7,9-10,12H,8,11H2,(H,20,21). The number of carbonyl (C=O) groups is 1. The molecule has 116 valence electrons. The van der Waals surface area contributed by atoms with E-state index in [4.69, 9.17) is 4.74 Å². The zero-order valence-corrected chi connectivity index (χ0v) is 13.1. The highest BCUT2D eigenvalue weighted by atomic mass is 32.1. The molecule has 0 aliphatic heterocycles. The number of rotatable bonds is 6. The number of aromatic nitrogens is 2. The van der Waals surface area contributed by atoms with Gasteiger partial charge in [0.25, 0.3) is 5.91 Å². The molecule has 0 atom stereocenters. The molecule has 0 saturated carbocycles.